The highest BCUT2D eigenvalue weighted by molar-refractivity contribution is 7.10. The summed E-state index contributed by atoms with van der Waals surface area (Å²) in [5.41, 5.74) is 0.303. The van der Waals surface area contributed by atoms with E-state index in [0.717, 1.165) is 6.42 Å². The van der Waals surface area contributed by atoms with Crippen molar-refractivity contribution in [3.8, 4) is 0 Å². The molecule has 1 aliphatic heterocycles. The molecule has 1 amide bonds. The number of amides is 1. The van der Waals surface area contributed by atoms with Crippen molar-refractivity contribution in [1.29, 1.82) is 0 Å². The summed E-state index contributed by atoms with van der Waals surface area (Å²) in [6.45, 7) is 4.94. The van der Waals surface area contributed by atoms with Crippen LogP contribution in [0.25, 0.3) is 0 Å². The minimum Gasteiger partial charge on any atom is -0.317 e. The van der Waals surface area contributed by atoms with Crippen LogP contribution in [0.3, 0.4) is 0 Å². The molecular weight excluding hydrogens is 220 g/mol. The molecule has 1 aromatic rings. The Balaban J connectivity index is 1.87. The van der Waals surface area contributed by atoms with Crippen molar-refractivity contribution in [2.24, 2.45) is 5.41 Å². The third kappa shape index (κ3) is 1.48. The number of carbonyl (C=O) groups excluding carboxylic acids is 1. The highest BCUT2D eigenvalue weighted by Gasteiger charge is 2.54. The van der Waals surface area contributed by atoms with E-state index < -0.39 is 0 Å². The summed E-state index contributed by atoms with van der Waals surface area (Å²) in [4.78, 5) is 15.2. The molecule has 1 aromatic heterocycles. The van der Waals surface area contributed by atoms with Gasteiger partial charge in [0.1, 0.15) is 6.17 Å². The minimum absolute atomic E-state index is 0.110. The number of hydrogen-bond donors (Lipinski definition) is 1. The molecule has 1 N–H and O–H groups in total. The van der Waals surface area contributed by atoms with Crippen molar-refractivity contribution in [2.45, 2.75) is 32.5 Å². The van der Waals surface area contributed by atoms with Crippen LogP contribution in [0.1, 0.15) is 31.3 Å². The zero-order valence-corrected chi connectivity index (χ0v) is 10.4. The summed E-state index contributed by atoms with van der Waals surface area (Å²) < 4.78 is 0. The summed E-state index contributed by atoms with van der Waals surface area (Å²) in [5.74, 6) is 0.244. The van der Waals surface area contributed by atoms with Gasteiger partial charge in [0, 0.05) is 10.9 Å². The van der Waals surface area contributed by atoms with Gasteiger partial charge in [0.15, 0.2) is 0 Å². The molecule has 2 unspecified atom stereocenters. The van der Waals surface area contributed by atoms with Crippen LogP contribution in [0.5, 0.6) is 0 Å². The molecule has 1 saturated carbocycles. The van der Waals surface area contributed by atoms with Crippen LogP contribution in [0.15, 0.2) is 17.5 Å². The zero-order valence-electron chi connectivity index (χ0n) is 9.56. The van der Waals surface area contributed by atoms with Gasteiger partial charge >= 0.3 is 0 Å². The van der Waals surface area contributed by atoms with E-state index in [2.05, 4.69) is 30.6 Å². The lowest BCUT2D eigenvalue weighted by Gasteiger charge is -2.25. The van der Waals surface area contributed by atoms with Gasteiger partial charge < -0.3 is 4.90 Å². The topological polar surface area (TPSA) is 32.3 Å². The van der Waals surface area contributed by atoms with Gasteiger partial charge in [0.25, 0.3) is 0 Å². The smallest absolute Gasteiger partial charge is 0.238 e. The van der Waals surface area contributed by atoms with Crippen LogP contribution in [0.4, 0.5) is 0 Å². The number of hydrogen-bond acceptors (Lipinski definition) is 3. The Labute approximate surface area is 99.5 Å². The molecule has 3 nitrogen and oxygen atoms in total. The van der Waals surface area contributed by atoms with E-state index in [0.29, 0.717) is 18.0 Å². The van der Waals surface area contributed by atoms with Crippen LogP contribution in [-0.2, 0) is 4.79 Å². The van der Waals surface area contributed by atoms with Gasteiger partial charge in [-0.15, -0.1) is 11.3 Å². The van der Waals surface area contributed by atoms with Crippen molar-refractivity contribution >= 4 is 17.2 Å². The van der Waals surface area contributed by atoms with Crippen LogP contribution in [0.2, 0.25) is 0 Å². The summed E-state index contributed by atoms with van der Waals surface area (Å²) in [5, 5.41) is 5.37. The molecule has 0 spiro atoms. The van der Waals surface area contributed by atoms with Gasteiger partial charge in [0.05, 0.1) is 6.54 Å². The number of nitrogens with one attached hydrogen (secondary N) is 1. The Morgan fingerprint density at radius 3 is 2.88 bits per heavy atom. The molecule has 2 fully saturated rings. The average molecular weight is 236 g/mol. The first kappa shape index (κ1) is 10.3. The summed E-state index contributed by atoms with van der Waals surface area (Å²) in [7, 11) is 0. The minimum atomic E-state index is 0.110. The second kappa shape index (κ2) is 3.31. The molecule has 86 valence electrons. The van der Waals surface area contributed by atoms with Crippen LogP contribution >= 0.6 is 11.3 Å². The lowest BCUT2D eigenvalue weighted by Crippen LogP contribution is -2.34. The molecule has 0 aromatic carbocycles. The van der Waals surface area contributed by atoms with Crippen molar-refractivity contribution in [3.05, 3.63) is 22.4 Å². The molecule has 2 atom stereocenters. The summed E-state index contributed by atoms with van der Waals surface area (Å²) >= 11 is 1.71. The van der Waals surface area contributed by atoms with Gasteiger partial charge in [-0.05, 0) is 23.3 Å². The maximum Gasteiger partial charge on any atom is 0.238 e. The molecule has 1 saturated heterocycles. The Bertz CT molecular complexity index is 413. The molecule has 4 heteroatoms. The van der Waals surface area contributed by atoms with E-state index in [1.807, 2.05) is 11.0 Å². The predicted octanol–water partition coefficient (Wildman–Crippen LogP) is 1.98. The van der Waals surface area contributed by atoms with Crippen molar-refractivity contribution in [3.63, 3.8) is 0 Å². The molecule has 0 bridgehead atoms. The first-order valence-corrected chi connectivity index (χ1v) is 6.55. The van der Waals surface area contributed by atoms with Gasteiger partial charge in [-0.1, -0.05) is 19.9 Å². The Kier molecular flexibility index (Phi) is 2.13. The first-order valence-electron chi connectivity index (χ1n) is 5.67. The van der Waals surface area contributed by atoms with Gasteiger partial charge in [-0.3, -0.25) is 10.1 Å². The first-order chi connectivity index (χ1) is 7.59. The fourth-order valence-corrected chi connectivity index (χ4v) is 3.27. The van der Waals surface area contributed by atoms with E-state index in [1.165, 1.54) is 4.88 Å². The molecule has 3 rings (SSSR count). The average Bonchev–Trinajstić information content (AvgIpc) is 2.68. The van der Waals surface area contributed by atoms with E-state index in [1.54, 1.807) is 11.3 Å². The number of thiophene rings is 1. The molecular formula is C12H16N2OS. The Morgan fingerprint density at radius 2 is 2.31 bits per heavy atom. The zero-order chi connectivity index (χ0) is 11.3. The third-order valence-electron chi connectivity index (χ3n) is 3.62. The molecule has 1 aliphatic carbocycles. The fourth-order valence-electron chi connectivity index (χ4n) is 2.47. The van der Waals surface area contributed by atoms with Crippen LogP contribution in [0, 0.1) is 5.41 Å². The van der Waals surface area contributed by atoms with Crippen molar-refractivity contribution < 1.29 is 4.79 Å². The maximum atomic E-state index is 11.9. The second-order valence-electron chi connectivity index (χ2n) is 5.31. The van der Waals surface area contributed by atoms with Gasteiger partial charge in [0.2, 0.25) is 5.91 Å². The Morgan fingerprint density at radius 1 is 1.56 bits per heavy atom. The highest BCUT2D eigenvalue weighted by Crippen LogP contribution is 2.51. The number of carbonyl (C=O) groups is 1. The van der Waals surface area contributed by atoms with Gasteiger partial charge in [-0.2, -0.15) is 0 Å². The SMILES string of the molecule is CC1(C)CC1N1C(=O)CNC1c1cccs1. The lowest BCUT2D eigenvalue weighted by atomic mass is 10.1. The van der Waals surface area contributed by atoms with E-state index in [-0.39, 0.29) is 12.1 Å². The molecule has 2 aliphatic rings. The maximum absolute atomic E-state index is 11.9. The van der Waals surface area contributed by atoms with E-state index >= 15 is 0 Å². The van der Waals surface area contributed by atoms with E-state index in [4.69, 9.17) is 0 Å². The van der Waals surface area contributed by atoms with Crippen LogP contribution < -0.4 is 5.32 Å². The molecule has 16 heavy (non-hydrogen) atoms. The normalized spacial score (nSPS) is 32.1. The quantitative estimate of drug-likeness (QED) is 0.851. The Hall–Kier alpha value is -0.870. The summed E-state index contributed by atoms with van der Waals surface area (Å²) in [6.07, 6.45) is 1.24. The standard InChI is InChI=1S/C12H16N2OS/c1-12(2)6-9(12)14-10(15)7-13-11(14)8-4-3-5-16-8/h3-5,9,11,13H,6-7H2,1-2H3. The van der Waals surface area contributed by atoms with E-state index in [9.17, 15) is 4.79 Å². The lowest BCUT2D eigenvalue weighted by molar-refractivity contribution is -0.129. The monoisotopic (exact) mass is 236 g/mol. The summed E-state index contributed by atoms with van der Waals surface area (Å²) in [6, 6.07) is 4.56. The number of nitrogens with zero attached hydrogens (tertiary/aromatic N) is 1. The third-order valence-corrected chi connectivity index (χ3v) is 4.55. The molecule has 0 radical (unpaired) electrons. The van der Waals surface area contributed by atoms with Crippen molar-refractivity contribution in [1.82, 2.24) is 10.2 Å². The van der Waals surface area contributed by atoms with Crippen molar-refractivity contribution in [2.75, 3.05) is 6.54 Å². The van der Waals surface area contributed by atoms with Crippen LogP contribution in [-0.4, -0.2) is 23.4 Å². The largest absolute Gasteiger partial charge is 0.317 e. The predicted molar refractivity (Wildman–Crippen MR) is 64.1 cm³/mol. The number of rotatable bonds is 2. The highest BCUT2D eigenvalue weighted by atomic mass is 32.1. The van der Waals surface area contributed by atoms with Gasteiger partial charge in [-0.25, -0.2) is 0 Å². The fraction of sp³-hybridized carbons (Fsp3) is 0.583. The second-order valence-corrected chi connectivity index (χ2v) is 6.29. The molecule has 2 heterocycles.